The van der Waals surface area contributed by atoms with Crippen LogP contribution in [0.15, 0.2) is 36.5 Å². The SMILES string of the molecule is COc1cc2c(cc1Nc1ncc(Cl)c(Nc3ccc(OS(=O)(=O)F)cc3OP(C)C)n1)C(C)N(C)CC2. The Balaban J connectivity index is 1.64. The number of rotatable bonds is 9. The van der Waals surface area contributed by atoms with E-state index < -0.39 is 18.7 Å². The van der Waals surface area contributed by atoms with Gasteiger partial charge in [-0.25, -0.2) is 4.98 Å². The standard InChI is InChI=1S/C24H28ClFN5O5PS/c1-14-17-12-20(21(34-3)10-15(17)8-9-31(14)2)29-24-27-13-18(25)23(30-24)28-19-7-6-16(36-38(26,32)33)11-22(19)35-37(4)5/h6-7,10-14H,8-9H2,1-5H3,(H2,27,28,29,30). The average molecular weight is 584 g/mol. The van der Waals surface area contributed by atoms with Gasteiger partial charge in [0.05, 0.1) is 32.8 Å². The summed E-state index contributed by atoms with van der Waals surface area (Å²) in [4.78, 5) is 11.1. The van der Waals surface area contributed by atoms with Crippen LogP contribution in [0.1, 0.15) is 24.1 Å². The van der Waals surface area contributed by atoms with E-state index in [-0.39, 0.29) is 34.3 Å². The summed E-state index contributed by atoms with van der Waals surface area (Å²) in [6, 6.07) is 8.36. The number of methoxy groups -OCH3 is 1. The number of nitrogens with one attached hydrogen (secondary N) is 2. The van der Waals surface area contributed by atoms with Crippen LogP contribution < -0.4 is 24.1 Å². The molecule has 2 aromatic carbocycles. The Hall–Kier alpha value is -2.92. The van der Waals surface area contributed by atoms with Crippen LogP contribution in [0.4, 0.5) is 27.0 Å². The fourth-order valence-corrected chi connectivity index (χ4v) is 5.06. The Bertz CT molecular complexity index is 1450. The van der Waals surface area contributed by atoms with Crippen LogP contribution in [0.25, 0.3) is 0 Å². The van der Waals surface area contributed by atoms with Crippen LogP contribution in [-0.2, 0) is 16.9 Å². The second-order valence-corrected chi connectivity index (χ2v) is 12.0. The molecule has 0 fully saturated rings. The predicted molar refractivity (Wildman–Crippen MR) is 148 cm³/mol. The molecule has 1 aromatic heterocycles. The van der Waals surface area contributed by atoms with Gasteiger partial charge in [-0.15, -0.1) is 0 Å². The molecule has 0 saturated heterocycles. The molecule has 0 aliphatic carbocycles. The van der Waals surface area contributed by atoms with Crippen molar-refractivity contribution in [3.8, 4) is 17.2 Å². The lowest BCUT2D eigenvalue weighted by Gasteiger charge is -2.33. The second kappa shape index (κ2) is 11.4. The van der Waals surface area contributed by atoms with Crippen LogP contribution in [0.3, 0.4) is 0 Å². The van der Waals surface area contributed by atoms with Crippen molar-refractivity contribution >= 4 is 53.4 Å². The molecule has 2 heterocycles. The molecule has 2 N–H and O–H groups in total. The minimum Gasteiger partial charge on any atom is -0.495 e. The van der Waals surface area contributed by atoms with E-state index in [1.165, 1.54) is 35.5 Å². The highest BCUT2D eigenvalue weighted by Crippen LogP contribution is 2.41. The van der Waals surface area contributed by atoms with Crippen molar-refractivity contribution in [2.45, 2.75) is 19.4 Å². The number of aromatic nitrogens is 2. The van der Waals surface area contributed by atoms with Crippen LogP contribution in [0.2, 0.25) is 5.02 Å². The number of fused-ring (bicyclic) bond motifs is 1. The molecule has 1 atom stereocenters. The first kappa shape index (κ1) is 28.1. The summed E-state index contributed by atoms with van der Waals surface area (Å²) in [6.45, 7) is 6.83. The molecule has 3 aromatic rings. The minimum absolute atomic E-state index is 0.232. The van der Waals surface area contributed by atoms with E-state index in [4.69, 9.17) is 20.9 Å². The Labute approximate surface area is 227 Å². The van der Waals surface area contributed by atoms with E-state index in [0.29, 0.717) is 17.1 Å². The monoisotopic (exact) mass is 583 g/mol. The second-order valence-electron chi connectivity index (χ2n) is 8.84. The molecule has 14 heteroatoms. The minimum atomic E-state index is -5.19. The quantitative estimate of drug-likeness (QED) is 0.236. The van der Waals surface area contributed by atoms with Crippen LogP contribution in [-0.4, -0.2) is 57.3 Å². The molecule has 204 valence electrons. The number of halogens is 2. The van der Waals surface area contributed by atoms with Gasteiger partial charge in [-0.1, -0.05) is 15.5 Å². The van der Waals surface area contributed by atoms with E-state index in [1.54, 1.807) is 7.11 Å². The van der Waals surface area contributed by atoms with Crippen LogP contribution in [0, 0.1) is 0 Å². The number of likely N-dealkylation sites (N-methyl/N-ethyl adjacent to an activating group) is 1. The summed E-state index contributed by atoms with van der Waals surface area (Å²) in [6.07, 6.45) is 2.38. The fourth-order valence-electron chi connectivity index (χ4n) is 4.05. The smallest absolute Gasteiger partial charge is 0.488 e. The van der Waals surface area contributed by atoms with E-state index in [0.717, 1.165) is 13.0 Å². The normalized spacial score (nSPS) is 15.6. The molecule has 0 spiro atoms. The largest absolute Gasteiger partial charge is 0.495 e. The first-order chi connectivity index (χ1) is 17.9. The van der Waals surface area contributed by atoms with Gasteiger partial charge in [-0.05, 0) is 69.1 Å². The summed E-state index contributed by atoms with van der Waals surface area (Å²) in [5.41, 5.74) is 3.57. The Kier molecular flexibility index (Phi) is 8.46. The van der Waals surface area contributed by atoms with Gasteiger partial charge in [0.1, 0.15) is 22.3 Å². The predicted octanol–water partition coefficient (Wildman–Crippen LogP) is 5.80. The highest BCUT2D eigenvalue weighted by Gasteiger charge is 2.23. The van der Waals surface area contributed by atoms with E-state index in [2.05, 4.69) is 43.7 Å². The van der Waals surface area contributed by atoms with Crippen molar-refractivity contribution in [2.24, 2.45) is 0 Å². The van der Waals surface area contributed by atoms with Crippen LogP contribution >= 0.6 is 19.7 Å². The van der Waals surface area contributed by atoms with E-state index >= 15 is 0 Å². The van der Waals surface area contributed by atoms with Gasteiger partial charge in [0.15, 0.2) is 5.82 Å². The maximum atomic E-state index is 13.0. The van der Waals surface area contributed by atoms with Gasteiger partial charge in [0, 0.05) is 18.7 Å². The van der Waals surface area contributed by atoms with Crippen molar-refractivity contribution in [1.29, 1.82) is 0 Å². The maximum absolute atomic E-state index is 13.0. The third kappa shape index (κ3) is 6.74. The topological polar surface area (TPSA) is 115 Å². The summed E-state index contributed by atoms with van der Waals surface area (Å²) in [7, 11) is -2.39. The van der Waals surface area contributed by atoms with E-state index in [1.807, 2.05) is 25.5 Å². The van der Waals surface area contributed by atoms with Gasteiger partial charge in [-0.3, -0.25) is 4.90 Å². The highest BCUT2D eigenvalue weighted by atomic mass is 35.5. The van der Waals surface area contributed by atoms with Crippen LogP contribution in [0.5, 0.6) is 17.2 Å². The molecular formula is C24H28ClFN5O5PS. The number of anilines is 4. The molecule has 10 nitrogen and oxygen atoms in total. The number of hydrogen-bond donors (Lipinski definition) is 2. The molecule has 1 aliphatic heterocycles. The summed E-state index contributed by atoms with van der Waals surface area (Å²) < 4.78 is 50.6. The molecule has 0 amide bonds. The molecule has 4 rings (SSSR count). The zero-order valence-corrected chi connectivity index (χ0v) is 23.9. The number of nitrogens with zero attached hydrogens (tertiary/aromatic N) is 3. The number of hydrogen-bond acceptors (Lipinski definition) is 10. The zero-order chi connectivity index (χ0) is 27.6. The summed E-state index contributed by atoms with van der Waals surface area (Å²) in [5, 5.41) is 6.54. The van der Waals surface area contributed by atoms with Gasteiger partial charge < -0.3 is 24.1 Å². The number of ether oxygens (including phenoxy) is 1. The average Bonchev–Trinajstić information content (AvgIpc) is 2.83. The van der Waals surface area contributed by atoms with Gasteiger partial charge in [0.25, 0.3) is 0 Å². The Morgan fingerprint density at radius 2 is 1.92 bits per heavy atom. The van der Waals surface area contributed by atoms with Crippen molar-refractivity contribution in [1.82, 2.24) is 14.9 Å². The van der Waals surface area contributed by atoms with E-state index in [9.17, 15) is 12.3 Å². The lowest BCUT2D eigenvalue weighted by Crippen LogP contribution is -2.30. The van der Waals surface area contributed by atoms with Crippen molar-refractivity contribution in [2.75, 3.05) is 44.7 Å². The lowest BCUT2D eigenvalue weighted by molar-refractivity contribution is 0.247. The van der Waals surface area contributed by atoms with Gasteiger partial charge >= 0.3 is 10.5 Å². The molecule has 1 aliphatic rings. The highest BCUT2D eigenvalue weighted by molar-refractivity contribution is 7.81. The molecular weight excluding hydrogens is 556 g/mol. The molecule has 38 heavy (non-hydrogen) atoms. The number of benzene rings is 2. The third-order valence-electron chi connectivity index (χ3n) is 5.98. The van der Waals surface area contributed by atoms with Crippen molar-refractivity contribution < 1.29 is 25.7 Å². The first-order valence-electron chi connectivity index (χ1n) is 11.5. The lowest BCUT2D eigenvalue weighted by atomic mass is 9.93. The first-order valence-corrected chi connectivity index (χ1v) is 15.4. The molecule has 1 unspecified atom stereocenters. The molecule has 0 bridgehead atoms. The van der Waals surface area contributed by atoms with Gasteiger partial charge in [-0.2, -0.15) is 13.4 Å². The molecule has 0 saturated carbocycles. The zero-order valence-electron chi connectivity index (χ0n) is 21.4. The van der Waals surface area contributed by atoms with Gasteiger partial charge in [0.2, 0.25) is 5.95 Å². The summed E-state index contributed by atoms with van der Waals surface area (Å²) in [5.74, 6) is 1.21. The Morgan fingerprint density at radius 3 is 2.61 bits per heavy atom. The maximum Gasteiger partial charge on any atom is 0.488 e. The summed E-state index contributed by atoms with van der Waals surface area (Å²) >= 11 is 6.38. The van der Waals surface area contributed by atoms with Crippen molar-refractivity contribution in [3.63, 3.8) is 0 Å². The molecule has 0 radical (unpaired) electrons. The Morgan fingerprint density at radius 1 is 1.16 bits per heavy atom. The van der Waals surface area contributed by atoms with Crippen molar-refractivity contribution in [3.05, 3.63) is 52.7 Å². The fraction of sp³-hybridized carbons (Fsp3) is 0.333. The third-order valence-corrected chi connectivity index (χ3v) is 7.21.